The third-order valence-electron chi connectivity index (χ3n) is 6.82. The van der Waals surface area contributed by atoms with Gasteiger partial charge in [-0.15, -0.1) is 0 Å². The number of rotatable bonds is 12. The minimum Gasteiger partial charge on any atom is -0.490 e. The SMILES string of the molecule is CCCCCCCCOc1cnc(C2CC(C(=O)O)C(OC(=O)c3ccccc3)c3ccccc32)nc1. The summed E-state index contributed by atoms with van der Waals surface area (Å²) in [5.41, 5.74) is 1.92. The van der Waals surface area contributed by atoms with Crippen LogP contribution >= 0.6 is 0 Å². The van der Waals surface area contributed by atoms with E-state index in [9.17, 15) is 14.7 Å². The molecule has 0 aliphatic heterocycles. The fourth-order valence-electron chi connectivity index (χ4n) is 4.84. The Hall–Kier alpha value is -3.74. The number of esters is 1. The molecule has 0 saturated carbocycles. The first kappa shape index (κ1) is 26.3. The van der Waals surface area contributed by atoms with E-state index in [1.165, 1.54) is 25.7 Å². The number of benzene rings is 2. The van der Waals surface area contributed by atoms with Gasteiger partial charge >= 0.3 is 11.9 Å². The molecule has 0 spiro atoms. The zero-order valence-electron chi connectivity index (χ0n) is 21.2. The highest BCUT2D eigenvalue weighted by atomic mass is 16.5. The van der Waals surface area contributed by atoms with Gasteiger partial charge in [-0.25, -0.2) is 14.8 Å². The minimum atomic E-state index is -1.02. The summed E-state index contributed by atoms with van der Waals surface area (Å²) in [7, 11) is 0. The normalized spacial score (nSPS) is 18.6. The second-order valence-electron chi connectivity index (χ2n) is 9.45. The Kier molecular flexibility index (Phi) is 9.24. The molecular formula is C30H34N2O5. The van der Waals surface area contributed by atoms with E-state index in [2.05, 4.69) is 16.9 Å². The fraction of sp³-hybridized carbons (Fsp3) is 0.400. The number of carbonyl (C=O) groups excluding carboxylic acids is 1. The molecule has 1 aliphatic rings. The average molecular weight is 503 g/mol. The van der Waals surface area contributed by atoms with E-state index in [0.29, 0.717) is 29.3 Å². The Bertz CT molecular complexity index is 1170. The molecule has 1 heterocycles. The maximum Gasteiger partial charge on any atom is 0.338 e. The first-order chi connectivity index (χ1) is 18.1. The third kappa shape index (κ3) is 6.73. The first-order valence-electron chi connectivity index (χ1n) is 13.1. The molecule has 2 aromatic carbocycles. The van der Waals surface area contributed by atoms with Gasteiger partial charge in [0.05, 0.1) is 30.5 Å². The lowest BCUT2D eigenvalue weighted by Crippen LogP contribution is -2.33. The van der Waals surface area contributed by atoms with Gasteiger partial charge in [-0.3, -0.25) is 4.79 Å². The van der Waals surface area contributed by atoms with Crippen LogP contribution in [0.3, 0.4) is 0 Å². The van der Waals surface area contributed by atoms with Crippen LogP contribution in [0.1, 0.15) is 91.2 Å². The maximum atomic E-state index is 12.8. The van der Waals surface area contributed by atoms with E-state index in [1.807, 2.05) is 30.3 Å². The quantitative estimate of drug-likeness (QED) is 0.228. The number of carbonyl (C=O) groups is 2. The predicted molar refractivity (Wildman–Crippen MR) is 140 cm³/mol. The summed E-state index contributed by atoms with van der Waals surface area (Å²) in [6, 6.07) is 16.1. The predicted octanol–water partition coefficient (Wildman–Crippen LogP) is 6.35. The monoisotopic (exact) mass is 502 g/mol. The van der Waals surface area contributed by atoms with E-state index in [0.717, 1.165) is 18.4 Å². The van der Waals surface area contributed by atoms with Gasteiger partial charge in [0.1, 0.15) is 11.9 Å². The number of aromatic nitrogens is 2. The summed E-state index contributed by atoms with van der Waals surface area (Å²) in [5, 5.41) is 10.1. The van der Waals surface area contributed by atoms with Crippen LogP contribution < -0.4 is 4.74 Å². The van der Waals surface area contributed by atoms with Gasteiger partial charge in [0.25, 0.3) is 0 Å². The highest BCUT2D eigenvalue weighted by Crippen LogP contribution is 2.45. The number of fused-ring (bicyclic) bond motifs is 1. The number of nitrogens with zero attached hydrogens (tertiary/aromatic N) is 2. The second kappa shape index (κ2) is 13.0. The molecule has 37 heavy (non-hydrogen) atoms. The number of aliphatic carboxylic acids is 1. The summed E-state index contributed by atoms with van der Waals surface area (Å²) in [6.07, 6.45) is 9.75. The third-order valence-corrected chi connectivity index (χ3v) is 6.82. The fourth-order valence-corrected chi connectivity index (χ4v) is 4.84. The van der Waals surface area contributed by atoms with Crippen LogP contribution in [0.15, 0.2) is 67.0 Å². The van der Waals surface area contributed by atoms with Gasteiger partial charge in [0.15, 0.2) is 5.75 Å². The van der Waals surface area contributed by atoms with Gasteiger partial charge in [-0.1, -0.05) is 81.5 Å². The van der Waals surface area contributed by atoms with Gasteiger partial charge in [0.2, 0.25) is 0 Å². The lowest BCUT2D eigenvalue weighted by Gasteiger charge is -2.35. The smallest absolute Gasteiger partial charge is 0.338 e. The lowest BCUT2D eigenvalue weighted by atomic mass is 9.74. The molecule has 7 heteroatoms. The molecule has 0 radical (unpaired) electrons. The average Bonchev–Trinajstić information content (AvgIpc) is 2.93. The first-order valence-corrected chi connectivity index (χ1v) is 13.1. The van der Waals surface area contributed by atoms with Gasteiger partial charge in [0, 0.05) is 5.92 Å². The topological polar surface area (TPSA) is 98.6 Å². The number of unbranched alkanes of at least 4 members (excludes halogenated alkanes) is 5. The number of hydrogen-bond donors (Lipinski definition) is 1. The molecule has 3 aromatic rings. The molecule has 1 N–H and O–H groups in total. The van der Waals surface area contributed by atoms with E-state index in [-0.39, 0.29) is 12.3 Å². The molecule has 4 rings (SSSR count). The molecule has 0 amide bonds. The van der Waals surface area contributed by atoms with E-state index >= 15 is 0 Å². The van der Waals surface area contributed by atoms with Crippen LogP contribution in [0.5, 0.6) is 5.75 Å². The minimum absolute atomic E-state index is 0.219. The molecule has 1 aromatic heterocycles. The van der Waals surface area contributed by atoms with Crippen LogP contribution in [-0.4, -0.2) is 33.6 Å². The molecule has 0 bridgehead atoms. The van der Waals surface area contributed by atoms with E-state index in [4.69, 9.17) is 9.47 Å². The summed E-state index contributed by atoms with van der Waals surface area (Å²) < 4.78 is 11.6. The van der Waals surface area contributed by atoms with Gasteiger partial charge in [-0.05, 0) is 36.1 Å². The summed E-state index contributed by atoms with van der Waals surface area (Å²) >= 11 is 0. The van der Waals surface area contributed by atoms with Crippen molar-refractivity contribution in [3.63, 3.8) is 0 Å². The molecule has 7 nitrogen and oxygen atoms in total. The van der Waals surface area contributed by atoms with Crippen LogP contribution in [0.2, 0.25) is 0 Å². The van der Waals surface area contributed by atoms with Crippen LogP contribution in [0.25, 0.3) is 0 Å². The zero-order chi connectivity index (χ0) is 26.0. The van der Waals surface area contributed by atoms with Crippen molar-refractivity contribution in [3.05, 3.63) is 89.5 Å². The van der Waals surface area contributed by atoms with Crippen molar-refractivity contribution in [2.24, 2.45) is 5.92 Å². The lowest BCUT2D eigenvalue weighted by molar-refractivity contribution is -0.147. The Balaban J connectivity index is 1.48. The van der Waals surface area contributed by atoms with E-state index in [1.54, 1.807) is 36.7 Å². The Morgan fingerprint density at radius 1 is 0.892 bits per heavy atom. The van der Waals surface area contributed by atoms with Crippen LogP contribution in [0.4, 0.5) is 0 Å². The number of carboxylic acids is 1. The maximum absolute atomic E-state index is 12.8. The van der Waals surface area contributed by atoms with Crippen LogP contribution in [0, 0.1) is 5.92 Å². The largest absolute Gasteiger partial charge is 0.490 e. The number of carboxylic acid groups (broad SMARTS) is 1. The molecule has 1 aliphatic carbocycles. The summed E-state index contributed by atoms with van der Waals surface area (Å²) in [6.45, 7) is 2.83. The Labute approximate surface area is 217 Å². The van der Waals surface area contributed by atoms with Crippen molar-refractivity contribution in [2.45, 2.75) is 63.9 Å². The highest BCUT2D eigenvalue weighted by molar-refractivity contribution is 5.89. The van der Waals surface area contributed by atoms with Gasteiger partial charge < -0.3 is 14.6 Å². The standard InChI is InChI=1S/C30H34N2O5/c1-2-3-4-5-6-12-17-36-22-19-31-28(32-20-22)25-18-26(29(33)34)27(24-16-11-10-15-23(24)25)37-30(35)21-13-8-7-9-14-21/h7-11,13-16,19-20,25-27H,2-6,12,17-18H2,1H3,(H,33,34). The van der Waals surface area contributed by atoms with Gasteiger partial charge in [-0.2, -0.15) is 0 Å². The molecule has 3 unspecified atom stereocenters. The molecule has 0 saturated heterocycles. The molecular weight excluding hydrogens is 468 g/mol. The van der Waals surface area contributed by atoms with Crippen molar-refractivity contribution in [2.75, 3.05) is 6.61 Å². The van der Waals surface area contributed by atoms with Crippen molar-refractivity contribution in [3.8, 4) is 5.75 Å². The van der Waals surface area contributed by atoms with Crippen molar-refractivity contribution in [1.82, 2.24) is 9.97 Å². The molecule has 0 fully saturated rings. The summed E-state index contributed by atoms with van der Waals surface area (Å²) in [5.74, 6) is -1.71. The van der Waals surface area contributed by atoms with Crippen molar-refractivity contribution >= 4 is 11.9 Å². The number of hydrogen-bond acceptors (Lipinski definition) is 6. The molecule has 194 valence electrons. The molecule has 3 atom stereocenters. The highest BCUT2D eigenvalue weighted by Gasteiger charge is 2.42. The zero-order valence-corrected chi connectivity index (χ0v) is 21.2. The second-order valence-corrected chi connectivity index (χ2v) is 9.45. The van der Waals surface area contributed by atoms with Crippen molar-refractivity contribution in [1.29, 1.82) is 0 Å². The van der Waals surface area contributed by atoms with E-state index < -0.39 is 24.0 Å². The number of ether oxygens (including phenoxy) is 2. The Morgan fingerprint density at radius 3 is 2.24 bits per heavy atom. The van der Waals surface area contributed by atoms with Crippen LogP contribution in [-0.2, 0) is 9.53 Å². The summed E-state index contributed by atoms with van der Waals surface area (Å²) in [4.78, 5) is 34.2. The van der Waals surface area contributed by atoms with Crippen molar-refractivity contribution < 1.29 is 24.2 Å². The Morgan fingerprint density at radius 2 is 1.54 bits per heavy atom.